The van der Waals surface area contributed by atoms with E-state index in [4.69, 9.17) is 32.7 Å². The lowest BCUT2D eigenvalue weighted by molar-refractivity contribution is -0.140. The molecule has 6 nitrogen and oxygen atoms in total. The number of hydrogen-bond donors (Lipinski definition) is 2. The Morgan fingerprint density at radius 1 is 1.30 bits per heavy atom. The fourth-order valence-electron chi connectivity index (χ4n) is 2.23. The first kappa shape index (κ1) is 17.6. The lowest BCUT2D eigenvalue weighted by Crippen LogP contribution is -2.45. The Labute approximate surface area is 143 Å². The number of rotatable bonds is 5. The summed E-state index contributed by atoms with van der Waals surface area (Å²) in [4.78, 5) is 24.1. The quantitative estimate of drug-likeness (QED) is 0.626. The molecule has 1 aromatic rings. The fraction of sp³-hybridized carbons (Fsp3) is 0.333. The van der Waals surface area contributed by atoms with E-state index in [-0.39, 0.29) is 18.8 Å². The Morgan fingerprint density at radius 3 is 2.70 bits per heavy atom. The van der Waals surface area contributed by atoms with Gasteiger partial charge in [0, 0.05) is 22.9 Å². The predicted molar refractivity (Wildman–Crippen MR) is 86.4 cm³/mol. The number of esters is 1. The van der Waals surface area contributed by atoms with Gasteiger partial charge in [0.15, 0.2) is 0 Å². The summed E-state index contributed by atoms with van der Waals surface area (Å²) in [6.45, 7) is 2.02. The molecule has 0 radical (unpaired) electrons. The summed E-state index contributed by atoms with van der Waals surface area (Å²) in [6.07, 6.45) is 0. The molecule has 8 heteroatoms. The molecule has 1 aliphatic heterocycles. The number of nitrogens with one attached hydrogen (secondary N) is 2. The van der Waals surface area contributed by atoms with Crippen molar-refractivity contribution in [1.29, 1.82) is 0 Å². The zero-order valence-corrected chi connectivity index (χ0v) is 14.1. The van der Waals surface area contributed by atoms with Crippen LogP contribution in [0.15, 0.2) is 29.5 Å². The van der Waals surface area contributed by atoms with Crippen LogP contribution in [0.25, 0.3) is 0 Å². The van der Waals surface area contributed by atoms with Gasteiger partial charge >= 0.3 is 12.0 Å². The van der Waals surface area contributed by atoms with E-state index in [0.29, 0.717) is 21.3 Å². The molecule has 0 aliphatic carbocycles. The summed E-state index contributed by atoms with van der Waals surface area (Å²) < 4.78 is 10.0. The summed E-state index contributed by atoms with van der Waals surface area (Å²) in [5.41, 5.74) is 1.25. The molecular weight excluding hydrogens is 343 g/mol. The van der Waals surface area contributed by atoms with Crippen LogP contribution in [0.4, 0.5) is 4.79 Å². The average molecular weight is 359 g/mol. The van der Waals surface area contributed by atoms with Gasteiger partial charge in [-0.15, -0.1) is 0 Å². The standard InChI is InChI=1S/C15H16Cl2N2O4/c1-8-12(14(20)23-6-5-22-2)13(19-15(21)18-8)10-4-3-9(16)7-11(10)17/h3-4,7,13H,5-6H2,1-2H3,(H2,18,19,21). The summed E-state index contributed by atoms with van der Waals surface area (Å²) >= 11 is 12.1. The van der Waals surface area contributed by atoms with Crippen LogP contribution in [-0.2, 0) is 14.3 Å². The van der Waals surface area contributed by atoms with Gasteiger partial charge in [-0.25, -0.2) is 9.59 Å². The molecule has 1 atom stereocenters. The molecule has 0 bridgehead atoms. The number of carbonyl (C=O) groups is 2. The average Bonchev–Trinajstić information content (AvgIpc) is 2.46. The SMILES string of the molecule is COCCOC(=O)C1=C(C)NC(=O)NC1c1ccc(Cl)cc1Cl. The van der Waals surface area contributed by atoms with Gasteiger partial charge in [-0.2, -0.15) is 0 Å². The molecule has 0 fully saturated rings. The van der Waals surface area contributed by atoms with Crippen molar-refractivity contribution in [2.24, 2.45) is 0 Å². The number of hydrogen-bond acceptors (Lipinski definition) is 4. The van der Waals surface area contributed by atoms with Crippen LogP contribution in [0.2, 0.25) is 10.0 Å². The van der Waals surface area contributed by atoms with Gasteiger partial charge in [0.25, 0.3) is 0 Å². The maximum atomic E-state index is 12.4. The van der Waals surface area contributed by atoms with Crippen molar-refractivity contribution in [1.82, 2.24) is 10.6 Å². The topological polar surface area (TPSA) is 76.7 Å². The maximum absolute atomic E-state index is 12.4. The Hall–Kier alpha value is -1.76. The third kappa shape index (κ3) is 4.16. The van der Waals surface area contributed by atoms with Gasteiger partial charge in [-0.3, -0.25) is 0 Å². The minimum atomic E-state index is -0.719. The highest BCUT2D eigenvalue weighted by Gasteiger charge is 2.33. The zero-order valence-electron chi connectivity index (χ0n) is 12.6. The molecule has 0 saturated carbocycles. The molecule has 2 amide bonds. The molecule has 1 aliphatic rings. The Morgan fingerprint density at radius 2 is 2.04 bits per heavy atom. The van der Waals surface area contributed by atoms with Crippen molar-refractivity contribution in [2.75, 3.05) is 20.3 Å². The summed E-state index contributed by atoms with van der Waals surface area (Å²) in [7, 11) is 1.51. The van der Waals surface area contributed by atoms with Crippen molar-refractivity contribution in [2.45, 2.75) is 13.0 Å². The van der Waals surface area contributed by atoms with Crippen LogP contribution >= 0.6 is 23.2 Å². The minimum absolute atomic E-state index is 0.112. The normalized spacial score (nSPS) is 17.6. The lowest BCUT2D eigenvalue weighted by atomic mass is 9.95. The lowest BCUT2D eigenvalue weighted by Gasteiger charge is -2.28. The molecule has 1 heterocycles. The summed E-state index contributed by atoms with van der Waals surface area (Å²) in [5, 5.41) is 6.05. The summed E-state index contributed by atoms with van der Waals surface area (Å²) in [5.74, 6) is -0.553. The highest BCUT2D eigenvalue weighted by atomic mass is 35.5. The molecule has 23 heavy (non-hydrogen) atoms. The number of carbonyl (C=O) groups excluding carboxylic acids is 2. The minimum Gasteiger partial charge on any atom is -0.460 e. The number of amides is 2. The molecule has 2 N–H and O–H groups in total. The number of urea groups is 1. The van der Waals surface area contributed by atoms with Crippen molar-refractivity contribution in [3.05, 3.63) is 45.1 Å². The molecule has 0 aromatic heterocycles. The van der Waals surface area contributed by atoms with Crippen LogP contribution in [0, 0.1) is 0 Å². The second-order valence-corrected chi connectivity index (χ2v) is 5.71. The maximum Gasteiger partial charge on any atom is 0.338 e. The Bertz CT molecular complexity index is 661. The monoisotopic (exact) mass is 358 g/mol. The first-order chi connectivity index (χ1) is 10.9. The first-order valence-corrected chi connectivity index (χ1v) is 7.59. The van der Waals surface area contributed by atoms with E-state index in [1.54, 1.807) is 25.1 Å². The van der Waals surface area contributed by atoms with Crippen molar-refractivity contribution in [3.8, 4) is 0 Å². The molecule has 0 saturated heterocycles. The van der Waals surface area contributed by atoms with Crippen molar-refractivity contribution < 1.29 is 19.1 Å². The van der Waals surface area contributed by atoms with Crippen LogP contribution in [0.3, 0.4) is 0 Å². The van der Waals surface area contributed by atoms with Crippen LogP contribution < -0.4 is 10.6 Å². The van der Waals surface area contributed by atoms with Crippen LogP contribution in [0.5, 0.6) is 0 Å². The smallest absolute Gasteiger partial charge is 0.338 e. The van der Waals surface area contributed by atoms with Crippen molar-refractivity contribution in [3.63, 3.8) is 0 Å². The molecule has 124 valence electrons. The zero-order chi connectivity index (χ0) is 17.0. The number of methoxy groups -OCH3 is 1. The van der Waals surface area contributed by atoms with Gasteiger partial charge in [0.05, 0.1) is 18.2 Å². The predicted octanol–water partition coefficient (Wildman–Crippen LogP) is 2.81. The second kappa shape index (κ2) is 7.68. The molecule has 1 unspecified atom stereocenters. The first-order valence-electron chi connectivity index (χ1n) is 6.83. The van der Waals surface area contributed by atoms with Gasteiger partial charge in [-0.1, -0.05) is 29.3 Å². The van der Waals surface area contributed by atoms with Gasteiger partial charge in [0.2, 0.25) is 0 Å². The van der Waals surface area contributed by atoms with Crippen LogP contribution in [-0.4, -0.2) is 32.3 Å². The van der Waals surface area contributed by atoms with Crippen molar-refractivity contribution >= 4 is 35.2 Å². The fourth-order valence-corrected chi connectivity index (χ4v) is 2.75. The van der Waals surface area contributed by atoms with E-state index in [1.165, 1.54) is 7.11 Å². The number of benzene rings is 1. The highest BCUT2D eigenvalue weighted by Crippen LogP contribution is 2.33. The highest BCUT2D eigenvalue weighted by molar-refractivity contribution is 6.35. The Balaban J connectivity index is 2.36. The number of halogens is 2. The third-order valence-corrected chi connectivity index (χ3v) is 3.85. The van der Waals surface area contributed by atoms with Crippen LogP contribution in [0.1, 0.15) is 18.5 Å². The van der Waals surface area contributed by atoms with E-state index in [9.17, 15) is 9.59 Å². The van der Waals surface area contributed by atoms with E-state index >= 15 is 0 Å². The Kier molecular flexibility index (Phi) is 5.87. The van der Waals surface area contributed by atoms with Gasteiger partial charge in [-0.05, 0) is 24.6 Å². The molecule has 1 aromatic carbocycles. The van der Waals surface area contributed by atoms with E-state index in [0.717, 1.165) is 0 Å². The van der Waals surface area contributed by atoms with Gasteiger partial charge in [0.1, 0.15) is 6.61 Å². The second-order valence-electron chi connectivity index (χ2n) is 4.86. The molecular formula is C15H16Cl2N2O4. The van der Waals surface area contributed by atoms with E-state index in [2.05, 4.69) is 10.6 Å². The number of ether oxygens (including phenoxy) is 2. The largest absolute Gasteiger partial charge is 0.460 e. The third-order valence-electron chi connectivity index (χ3n) is 3.28. The van der Waals surface area contributed by atoms with Gasteiger partial charge < -0.3 is 20.1 Å². The summed E-state index contributed by atoms with van der Waals surface area (Å²) in [6, 6.07) is 3.71. The van der Waals surface area contributed by atoms with E-state index in [1.807, 2.05) is 0 Å². The number of allylic oxidation sites excluding steroid dienone is 1. The molecule has 0 spiro atoms. The van der Waals surface area contributed by atoms with E-state index < -0.39 is 18.0 Å². The molecule has 2 rings (SSSR count).